The predicted octanol–water partition coefficient (Wildman–Crippen LogP) is 0.525. The average molecular weight is 188 g/mol. The Balaban J connectivity index is 2.64. The van der Waals surface area contributed by atoms with E-state index in [0.29, 0.717) is 12.8 Å². The average Bonchev–Trinajstić information content (AvgIpc) is 1.97. The summed E-state index contributed by atoms with van der Waals surface area (Å²) in [7, 11) is 0. The Morgan fingerprint density at radius 2 is 1.31 bits per heavy atom. The van der Waals surface area contributed by atoms with Crippen LogP contribution in [0.1, 0.15) is 33.6 Å². The highest BCUT2D eigenvalue weighted by molar-refractivity contribution is 4.90. The summed E-state index contributed by atoms with van der Waals surface area (Å²) in [5.41, 5.74) is 0.0854. The van der Waals surface area contributed by atoms with Gasteiger partial charge < -0.3 is 15.3 Å². The van der Waals surface area contributed by atoms with Gasteiger partial charge in [-0.25, -0.2) is 0 Å². The largest absolute Gasteiger partial charge is 0.390 e. The van der Waals surface area contributed by atoms with Crippen LogP contribution in [0.4, 0.5) is 0 Å². The Labute approximate surface area is 79.4 Å². The molecule has 3 N–H and O–H groups in total. The quantitative estimate of drug-likeness (QED) is 0.519. The highest BCUT2D eigenvalue weighted by Crippen LogP contribution is 2.37. The van der Waals surface area contributed by atoms with E-state index >= 15 is 0 Å². The zero-order chi connectivity index (χ0) is 10.2. The molecule has 0 heterocycles. The zero-order valence-electron chi connectivity index (χ0n) is 8.57. The van der Waals surface area contributed by atoms with Crippen molar-refractivity contribution in [2.24, 2.45) is 11.3 Å². The summed E-state index contributed by atoms with van der Waals surface area (Å²) in [4.78, 5) is 0. The molecule has 1 rings (SSSR count). The van der Waals surface area contributed by atoms with Crippen LogP contribution >= 0.6 is 0 Å². The van der Waals surface area contributed by atoms with Crippen molar-refractivity contribution in [2.75, 3.05) is 0 Å². The van der Waals surface area contributed by atoms with Crippen LogP contribution in [0, 0.1) is 11.3 Å². The fraction of sp³-hybridized carbons (Fsp3) is 1.00. The summed E-state index contributed by atoms with van der Waals surface area (Å²) in [6.45, 7) is 6.28. The van der Waals surface area contributed by atoms with Gasteiger partial charge in [0.2, 0.25) is 0 Å². The first-order valence-corrected chi connectivity index (χ1v) is 4.86. The van der Waals surface area contributed by atoms with E-state index in [4.69, 9.17) is 0 Å². The number of aliphatic hydroxyl groups is 3. The Hall–Kier alpha value is -0.120. The van der Waals surface area contributed by atoms with Gasteiger partial charge in [-0.1, -0.05) is 20.8 Å². The number of hydrogen-bond donors (Lipinski definition) is 3. The van der Waals surface area contributed by atoms with E-state index in [9.17, 15) is 15.3 Å². The second-order valence-electron chi connectivity index (χ2n) is 5.16. The smallest absolute Gasteiger partial charge is 0.106 e. The Morgan fingerprint density at radius 3 is 1.62 bits per heavy atom. The van der Waals surface area contributed by atoms with Crippen LogP contribution in [0.2, 0.25) is 0 Å². The van der Waals surface area contributed by atoms with Gasteiger partial charge in [0, 0.05) is 0 Å². The Bertz CT molecular complexity index is 161. The molecule has 1 aliphatic carbocycles. The van der Waals surface area contributed by atoms with Crippen LogP contribution in [0.5, 0.6) is 0 Å². The third-order valence-corrected chi connectivity index (χ3v) is 3.07. The van der Waals surface area contributed by atoms with E-state index in [1.807, 2.05) is 0 Å². The molecule has 0 aromatic heterocycles. The molecule has 0 bridgehead atoms. The monoisotopic (exact) mass is 188 g/mol. The summed E-state index contributed by atoms with van der Waals surface area (Å²) in [5.74, 6) is 0.279. The molecule has 0 aromatic carbocycles. The highest BCUT2D eigenvalue weighted by Gasteiger charge is 2.39. The molecule has 1 aliphatic rings. The second kappa shape index (κ2) is 3.56. The van der Waals surface area contributed by atoms with Crippen LogP contribution in [0.15, 0.2) is 0 Å². The van der Waals surface area contributed by atoms with Crippen LogP contribution in [0.25, 0.3) is 0 Å². The van der Waals surface area contributed by atoms with Crippen molar-refractivity contribution in [3.8, 4) is 0 Å². The van der Waals surface area contributed by atoms with Crippen molar-refractivity contribution < 1.29 is 15.3 Å². The molecule has 13 heavy (non-hydrogen) atoms. The van der Waals surface area contributed by atoms with E-state index in [1.54, 1.807) is 0 Å². The summed E-state index contributed by atoms with van der Waals surface area (Å²) < 4.78 is 0. The maximum Gasteiger partial charge on any atom is 0.106 e. The van der Waals surface area contributed by atoms with Gasteiger partial charge in [0.25, 0.3) is 0 Å². The first kappa shape index (κ1) is 11.0. The molecule has 4 atom stereocenters. The van der Waals surface area contributed by atoms with Gasteiger partial charge in [0.1, 0.15) is 6.10 Å². The maximum atomic E-state index is 9.47. The van der Waals surface area contributed by atoms with Crippen molar-refractivity contribution >= 4 is 0 Å². The van der Waals surface area contributed by atoms with Gasteiger partial charge in [0.15, 0.2) is 0 Å². The van der Waals surface area contributed by atoms with Crippen molar-refractivity contribution in [2.45, 2.75) is 51.9 Å². The number of rotatable bonds is 0. The standard InChI is InChI=1S/C10H20O3/c1-10(2,3)6-4-7(11)9(13)8(12)5-6/h6-9,11-13H,4-5H2,1-3H3/t6?,7-,8+,9?. The molecule has 1 saturated carbocycles. The molecular formula is C10H20O3. The Morgan fingerprint density at radius 1 is 0.923 bits per heavy atom. The predicted molar refractivity (Wildman–Crippen MR) is 50.2 cm³/mol. The van der Waals surface area contributed by atoms with Crippen LogP contribution < -0.4 is 0 Å². The molecule has 1 fully saturated rings. The summed E-state index contributed by atoms with van der Waals surface area (Å²) >= 11 is 0. The first-order chi connectivity index (χ1) is 5.82. The summed E-state index contributed by atoms with van der Waals surface area (Å²) in [6, 6.07) is 0. The number of hydrogen-bond acceptors (Lipinski definition) is 3. The van der Waals surface area contributed by atoms with Gasteiger partial charge in [-0.2, -0.15) is 0 Å². The molecule has 0 spiro atoms. The van der Waals surface area contributed by atoms with Crippen LogP contribution in [0.3, 0.4) is 0 Å². The minimum absolute atomic E-state index is 0.0854. The van der Waals surface area contributed by atoms with E-state index in [-0.39, 0.29) is 11.3 Å². The lowest BCUT2D eigenvalue weighted by molar-refractivity contribution is -0.113. The SMILES string of the molecule is CC(C)(C)C1C[C@@H](O)C(O)[C@@H](O)C1. The van der Waals surface area contributed by atoms with Gasteiger partial charge in [-0.3, -0.25) is 0 Å². The normalized spacial score (nSPS) is 42.0. The number of aliphatic hydroxyl groups excluding tert-OH is 3. The fourth-order valence-electron chi connectivity index (χ4n) is 1.92. The lowest BCUT2D eigenvalue weighted by atomic mass is 9.70. The molecule has 2 unspecified atom stereocenters. The zero-order valence-corrected chi connectivity index (χ0v) is 8.57. The molecule has 3 heteroatoms. The van der Waals surface area contributed by atoms with Crippen molar-refractivity contribution in [3.05, 3.63) is 0 Å². The van der Waals surface area contributed by atoms with Gasteiger partial charge >= 0.3 is 0 Å². The summed E-state index contributed by atoms with van der Waals surface area (Å²) in [5, 5.41) is 28.3. The van der Waals surface area contributed by atoms with E-state index in [1.165, 1.54) is 0 Å². The van der Waals surface area contributed by atoms with E-state index < -0.39 is 18.3 Å². The van der Waals surface area contributed by atoms with Crippen molar-refractivity contribution in [3.63, 3.8) is 0 Å². The van der Waals surface area contributed by atoms with Crippen molar-refractivity contribution in [1.29, 1.82) is 0 Å². The molecule has 78 valence electrons. The van der Waals surface area contributed by atoms with Crippen molar-refractivity contribution in [1.82, 2.24) is 0 Å². The molecule has 0 aliphatic heterocycles. The van der Waals surface area contributed by atoms with Gasteiger partial charge in [0.05, 0.1) is 12.2 Å². The fourth-order valence-corrected chi connectivity index (χ4v) is 1.92. The third-order valence-electron chi connectivity index (χ3n) is 3.07. The minimum atomic E-state index is -0.960. The maximum absolute atomic E-state index is 9.47. The Kier molecular flexibility index (Phi) is 3.00. The third kappa shape index (κ3) is 2.42. The topological polar surface area (TPSA) is 60.7 Å². The highest BCUT2D eigenvalue weighted by atomic mass is 16.4. The molecule has 0 saturated heterocycles. The summed E-state index contributed by atoms with van der Waals surface area (Å²) in [6.07, 6.45) is -1.33. The molecule has 0 aromatic rings. The molecule has 3 nitrogen and oxygen atoms in total. The van der Waals surface area contributed by atoms with Gasteiger partial charge in [-0.05, 0) is 24.2 Å². The van der Waals surface area contributed by atoms with E-state index in [2.05, 4.69) is 20.8 Å². The van der Waals surface area contributed by atoms with Gasteiger partial charge in [-0.15, -0.1) is 0 Å². The molecule has 0 amide bonds. The second-order valence-corrected chi connectivity index (χ2v) is 5.16. The lowest BCUT2D eigenvalue weighted by Crippen LogP contribution is -2.47. The van der Waals surface area contributed by atoms with Crippen LogP contribution in [-0.4, -0.2) is 33.6 Å². The molecular weight excluding hydrogens is 168 g/mol. The van der Waals surface area contributed by atoms with Crippen LogP contribution in [-0.2, 0) is 0 Å². The molecule has 0 radical (unpaired) electrons. The minimum Gasteiger partial charge on any atom is -0.390 e. The lowest BCUT2D eigenvalue weighted by Gasteiger charge is -2.40. The van der Waals surface area contributed by atoms with E-state index in [0.717, 1.165) is 0 Å². The first-order valence-electron chi connectivity index (χ1n) is 4.86.